The highest BCUT2D eigenvalue weighted by molar-refractivity contribution is 4.88. The van der Waals surface area contributed by atoms with Crippen LogP contribution in [-0.4, -0.2) is 36.2 Å². The van der Waals surface area contributed by atoms with E-state index in [-0.39, 0.29) is 0 Å². The molecule has 2 nitrogen and oxygen atoms in total. The predicted molar refractivity (Wildman–Crippen MR) is 48.9 cm³/mol. The van der Waals surface area contributed by atoms with Gasteiger partial charge in [0.05, 0.1) is 0 Å². The van der Waals surface area contributed by atoms with Gasteiger partial charge in [0.25, 0.3) is 0 Å². The van der Waals surface area contributed by atoms with Gasteiger partial charge < -0.3 is 10.0 Å². The fourth-order valence-electron chi connectivity index (χ4n) is 2.79. The summed E-state index contributed by atoms with van der Waals surface area (Å²) in [5.74, 6) is 2.20. The van der Waals surface area contributed by atoms with Gasteiger partial charge in [0.15, 0.2) is 0 Å². The first-order valence-electron chi connectivity index (χ1n) is 5.14. The van der Waals surface area contributed by atoms with E-state index in [2.05, 4.69) is 11.8 Å². The van der Waals surface area contributed by atoms with Gasteiger partial charge in [-0.2, -0.15) is 0 Å². The minimum Gasteiger partial charge on any atom is -0.396 e. The molecule has 0 aliphatic carbocycles. The molecule has 3 rings (SSSR count). The van der Waals surface area contributed by atoms with Crippen LogP contribution in [0.1, 0.15) is 19.8 Å². The topological polar surface area (TPSA) is 23.5 Å². The summed E-state index contributed by atoms with van der Waals surface area (Å²) in [6.45, 7) is 6.41. The molecule has 0 aromatic heterocycles. The maximum absolute atomic E-state index is 9.10. The zero-order chi connectivity index (χ0) is 8.55. The Kier molecular flexibility index (Phi) is 2.37. The number of piperidine rings is 3. The summed E-state index contributed by atoms with van der Waals surface area (Å²) in [4.78, 5) is 2.55. The Hall–Kier alpha value is -0.0800. The van der Waals surface area contributed by atoms with Crippen molar-refractivity contribution in [2.24, 2.45) is 17.8 Å². The first-order chi connectivity index (χ1) is 5.81. The lowest BCUT2D eigenvalue weighted by molar-refractivity contribution is 0.00860. The fourth-order valence-corrected chi connectivity index (χ4v) is 2.79. The van der Waals surface area contributed by atoms with Gasteiger partial charge in [0, 0.05) is 13.2 Å². The molecule has 2 bridgehead atoms. The average molecular weight is 169 g/mol. The summed E-state index contributed by atoms with van der Waals surface area (Å²) in [6, 6.07) is 0. The summed E-state index contributed by atoms with van der Waals surface area (Å²) < 4.78 is 0. The van der Waals surface area contributed by atoms with E-state index in [1.54, 1.807) is 0 Å². The lowest BCUT2D eigenvalue weighted by atomic mass is 9.73. The van der Waals surface area contributed by atoms with E-state index in [4.69, 9.17) is 5.11 Å². The molecular weight excluding hydrogens is 150 g/mol. The molecule has 3 aliphatic rings. The standard InChI is InChI=1S/C10H19NO/c1-8(7-12)10-6-11-4-2-9(10)3-5-11/h8-10,12H,2-7H2,1H3. The van der Waals surface area contributed by atoms with Gasteiger partial charge in [-0.3, -0.25) is 0 Å². The molecular formula is C10H19NO. The molecule has 12 heavy (non-hydrogen) atoms. The summed E-state index contributed by atoms with van der Waals surface area (Å²) >= 11 is 0. The van der Waals surface area contributed by atoms with Crippen molar-refractivity contribution >= 4 is 0 Å². The van der Waals surface area contributed by atoms with Gasteiger partial charge in [-0.05, 0) is 43.7 Å². The number of nitrogens with zero attached hydrogens (tertiary/aromatic N) is 1. The highest BCUT2D eigenvalue weighted by Crippen LogP contribution is 2.36. The van der Waals surface area contributed by atoms with E-state index in [9.17, 15) is 0 Å². The molecule has 3 fully saturated rings. The van der Waals surface area contributed by atoms with Crippen LogP contribution < -0.4 is 0 Å². The van der Waals surface area contributed by atoms with Crippen LogP contribution in [0, 0.1) is 17.8 Å². The lowest BCUT2D eigenvalue weighted by Crippen LogP contribution is -2.49. The Morgan fingerprint density at radius 3 is 2.50 bits per heavy atom. The van der Waals surface area contributed by atoms with Gasteiger partial charge in [-0.15, -0.1) is 0 Å². The lowest BCUT2D eigenvalue weighted by Gasteiger charge is -2.46. The third-order valence-electron chi connectivity index (χ3n) is 3.73. The van der Waals surface area contributed by atoms with Crippen molar-refractivity contribution in [1.82, 2.24) is 4.90 Å². The number of rotatable bonds is 2. The molecule has 2 atom stereocenters. The molecule has 0 radical (unpaired) electrons. The average Bonchev–Trinajstić information content (AvgIpc) is 2.18. The normalized spacial score (nSPS) is 43.0. The first kappa shape index (κ1) is 8.52. The van der Waals surface area contributed by atoms with Crippen molar-refractivity contribution < 1.29 is 5.11 Å². The summed E-state index contributed by atoms with van der Waals surface area (Å²) in [7, 11) is 0. The summed E-state index contributed by atoms with van der Waals surface area (Å²) in [6.07, 6.45) is 2.74. The molecule has 2 heteroatoms. The van der Waals surface area contributed by atoms with Crippen LogP contribution in [0.15, 0.2) is 0 Å². The highest BCUT2D eigenvalue weighted by Gasteiger charge is 2.36. The second kappa shape index (κ2) is 3.35. The molecule has 3 saturated heterocycles. The molecule has 0 spiro atoms. The summed E-state index contributed by atoms with van der Waals surface area (Å²) in [5, 5.41) is 9.10. The van der Waals surface area contributed by atoms with E-state index in [1.165, 1.54) is 32.5 Å². The van der Waals surface area contributed by atoms with Gasteiger partial charge in [0.1, 0.15) is 0 Å². The van der Waals surface area contributed by atoms with Gasteiger partial charge in [0.2, 0.25) is 0 Å². The quantitative estimate of drug-likeness (QED) is 0.665. The van der Waals surface area contributed by atoms with Crippen LogP contribution in [0.3, 0.4) is 0 Å². The van der Waals surface area contributed by atoms with Crippen LogP contribution in [0.5, 0.6) is 0 Å². The Labute approximate surface area is 74.6 Å². The molecule has 3 aliphatic heterocycles. The SMILES string of the molecule is CC(CO)C1CN2CCC1CC2. The first-order valence-corrected chi connectivity index (χ1v) is 5.14. The van der Waals surface area contributed by atoms with Gasteiger partial charge >= 0.3 is 0 Å². The van der Waals surface area contributed by atoms with Gasteiger partial charge in [-0.25, -0.2) is 0 Å². The number of aliphatic hydroxyl groups is 1. The minimum absolute atomic E-state index is 0.370. The van der Waals surface area contributed by atoms with E-state index in [1.807, 2.05) is 0 Å². The number of hydrogen-bond acceptors (Lipinski definition) is 2. The second-order valence-corrected chi connectivity index (χ2v) is 4.46. The van der Waals surface area contributed by atoms with Crippen molar-refractivity contribution in [3.8, 4) is 0 Å². The maximum Gasteiger partial charge on any atom is 0.0459 e. The molecule has 0 aromatic rings. The Bertz CT molecular complexity index is 152. The van der Waals surface area contributed by atoms with Crippen molar-refractivity contribution in [2.75, 3.05) is 26.2 Å². The van der Waals surface area contributed by atoms with E-state index in [0.717, 1.165) is 11.8 Å². The number of aliphatic hydroxyl groups excluding tert-OH is 1. The van der Waals surface area contributed by atoms with Crippen molar-refractivity contribution in [3.05, 3.63) is 0 Å². The van der Waals surface area contributed by atoms with Crippen molar-refractivity contribution in [3.63, 3.8) is 0 Å². The third kappa shape index (κ3) is 1.38. The highest BCUT2D eigenvalue weighted by atomic mass is 16.3. The maximum atomic E-state index is 9.10. The molecule has 3 heterocycles. The molecule has 70 valence electrons. The Morgan fingerprint density at radius 1 is 1.42 bits per heavy atom. The van der Waals surface area contributed by atoms with Crippen molar-refractivity contribution in [2.45, 2.75) is 19.8 Å². The minimum atomic E-state index is 0.370. The smallest absolute Gasteiger partial charge is 0.0459 e. The molecule has 1 N–H and O–H groups in total. The van der Waals surface area contributed by atoms with Gasteiger partial charge in [-0.1, -0.05) is 6.92 Å². The Morgan fingerprint density at radius 2 is 2.08 bits per heavy atom. The Balaban J connectivity index is 1.99. The van der Waals surface area contributed by atoms with E-state index < -0.39 is 0 Å². The van der Waals surface area contributed by atoms with Crippen molar-refractivity contribution in [1.29, 1.82) is 0 Å². The van der Waals surface area contributed by atoms with Crippen LogP contribution in [0.4, 0.5) is 0 Å². The molecule has 0 aromatic carbocycles. The zero-order valence-electron chi connectivity index (χ0n) is 7.87. The third-order valence-corrected chi connectivity index (χ3v) is 3.73. The fraction of sp³-hybridized carbons (Fsp3) is 1.00. The van der Waals surface area contributed by atoms with E-state index in [0.29, 0.717) is 12.5 Å². The largest absolute Gasteiger partial charge is 0.396 e. The molecule has 2 unspecified atom stereocenters. The molecule has 0 amide bonds. The number of hydrogen-bond donors (Lipinski definition) is 1. The predicted octanol–water partition coefficient (Wildman–Crippen LogP) is 0.957. The monoisotopic (exact) mass is 169 g/mol. The van der Waals surface area contributed by atoms with Crippen LogP contribution >= 0.6 is 0 Å². The molecule has 0 saturated carbocycles. The van der Waals surface area contributed by atoms with Crippen LogP contribution in [0.2, 0.25) is 0 Å². The number of fused-ring (bicyclic) bond motifs is 3. The second-order valence-electron chi connectivity index (χ2n) is 4.46. The van der Waals surface area contributed by atoms with Crippen LogP contribution in [0.25, 0.3) is 0 Å². The van der Waals surface area contributed by atoms with E-state index >= 15 is 0 Å². The van der Waals surface area contributed by atoms with Crippen LogP contribution in [-0.2, 0) is 0 Å². The zero-order valence-corrected chi connectivity index (χ0v) is 7.87. The summed E-state index contributed by atoms with van der Waals surface area (Å²) in [5.41, 5.74) is 0.